The van der Waals surface area contributed by atoms with Crippen LogP contribution in [-0.2, 0) is 9.59 Å². The summed E-state index contributed by atoms with van der Waals surface area (Å²) in [6, 6.07) is 4.30. The number of carbonyl (C=O) groups is 2. The summed E-state index contributed by atoms with van der Waals surface area (Å²) >= 11 is 0. The monoisotopic (exact) mass is 318 g/mol. The molecule has 0 aliphatic carbocycles. The van der Waals surface area contributed by atoms with Crippen molar-refractivity contribution >= 4 is 11.8 Å². The van der Waals surface area contributed by atoms with Crippen molar-refractivity contribution in [1.82, 2.24) is 0 Å². The highest BCUT2D eigenvalue weighted by molar-refractivity contribution is 5.91. The zero-order chi connectivity index (χ0) is 17.4. The number of ketones is 1. The summed E-state index contributed by atoms with van der Waals surface area (Å²) in [5.74, 6) is 0.0497. The van der Waals surface area contributed by atoms with Gasteiger partial charge in [-0.25, -0.2) is 0 Å². The summed E-state index contributed by atoms with van der Waals surface area (Å²) in [6.45, 7) is 5.52. The smallest absolute Gasteiger partial charge is 0.315 e. The third-order valence-electron chi connectivity index (χ3n) is 2.90. The van der Waals surface area contributed by atoms with Crippen LogP contribution in [0.15, 0.2) is 41.5 Å². The summed E-state index contributed by atoms with van der Waals surface area (Å²) < 4.78 is 10.1. The highest BCUT2D eigenvalue weighted by atomic mass is 16.5. The second-order valence-corrected chi connectivity index (χ2v) is 5.43. The lowest BCUT2D eigenvalue weighted by molar-refractivity contribution is -0.133. The fourth-order valence-electron chi connectivity index (χ4n) is 1.87. The van der Waals surface area contributed by atoms with Gasteiger partial charge in [0.1, 0.15) is 5.75 Å². The maximum absolute atomic E-state index is 11.8. The van der Waals surface area contributed by atoms with E-state index in [9.17, 15) is 14.7 Å². The molecule has 1 aromatic rings. The number of ether oxygens (including phenoxy) is 2. The van der Waals surface area contributed by atoms with Gasteiger partial charge in [-0.05, 0) is 39.0 Å². The minimum Gasteiger partial charge on any atom is -0.504 e. The Balaban J connectivity index is 2.58. The highest BCUT2D eigenvalue weighted by Crippen LogP contribution is 2.29. The fourth-order valence-corrected chi connectivity index (χ4v) is 1.87. The summed E-state index contributed by atoms with van der Waals surface area (Å²) in [7, 11) is 1.41. The number of hydrogen-bond donors (Lipinski definition) is 1. The summed E-state index contributed by atoms with van der Waals surface area (Å²) in [4.78, 5) is 23.4. The molecule has 0 heterocycles. The minimum absolute atomic E-state index is 0.00962. The van der Waals surface area contributed by atoms with Crippen LogP contribution < -0.4 is 9.47 Å². The van der Waals surface area contributed by atoms with Crippen molar-refractivity contribution in [2.75, 3.05) is 7.11 Å². The number of hydrogen-bond acceptors (Lipinski definition) is 5. The van der Waals surface area contributed by atoms with Crippen LogP contribution in [0, 0.1) is 0 Å². The van der Waals surface area contributed by atoms with Crippen molar-refractivity contribution < 1.29 is 24.2 Å². The van der Waals surface area contributed by atoms with Crippen molar-refractivity contribution in [3.05, 3.63) is 41.5 Å². The maximum Gasteiger partial charge on any atom is 0.315 e. The fraction of sp³-hybridized carbons (Fsp3) is 0.333. The topological polar surface area (TPSA) is 72.8 Å². The third kappa shape index (κ3) is 6.82. The van der Waals surface area contributed by atoms with Crippen LogP contribution in [0.1, 0.15) is 33.6 Å². The zero-order valence-electron chi connectivity index (χ0n) is 13.9. The van der Waals surface area contributed by atoms with E-state index in [-0.39, 0.29) is 35.9 Å². The molecule has 0 saturated carbocycles. The molecule has 5 heteroatoms. The molecule has 1 aromatic carbocycles. The molecular weight excluding hydrogens is 296 g/mol. The second-order valence-electron chi connectivity index (χ2n) is 5.43. The van der Waals surface area contributed by atoms with Crippen molar-refractivity contribution in [2.45, 2.75) is 33.6 Å². The van der Waals surface area contributed by atoms with Crippen molar-refractivity contribution in [1.29, 1.82) is 0 Å². The Kier molecular flexibility index (Phi) is 7.06. The normalized spacial score (nSPS) is 10.9. The number of carbonyl (C=O) groups excluding carboxylic acids is 2. The van der Waals surface area contributed by atoms with Crippen LogP contribution >= 0.6 is 0 Å². The number of rotatable bonds is 7. The van der Waals surface area contributed by atoms with Gasteiger partial charge in [-0.3, -0.25) is 9.59 Å². The summed E-state index contributed by atoms with van der Waals surface area (Å²) in [6.07, 6.45) is 3.61. The first-order valence-electron chi connectivity index (χ1n) is 7.23. The first-order valence-corrected chi connectivity index (χ1v) is 7.23. The molecule has 0 aliphatic heterocycles. The van der Waals surface area contributed by atoms with E-state index in [2.05, 4.69) is 0 Å². The van der Waals surface area contributed by atoms with Gasteiger partial charge in [0.05, 0.1) is 13.5 Å². The van der Waals surface area contributed by atoms with Gasteiger partial charge >= 0.3 is 5.97 Å². The molecule has 0 spiro atoms. The van der Waals surface area contributed by atoms with E-state index in [1.165, 1.54) is 25.3 Å². The molecule has 23 heavy (non-hydrogen) atoms. The first-order chi connectivity index (χ1) is 10.8. The molecule has 1 rings (SSSR count). The standard InChI is InChI=1S/C18H22O5/c1-12(2)9-14(19)10-13(3)5-8-18(21)23-15-6-7-16(20)17(11-15)22-4/h5-7,9,11,20H,8,10H2,1-4H3. The predicted octanol–water partition coefficient (Wildman–Crippen LogP) is 3.57. The molecule has 0 bridgehead atoms. The lowest BCUT2D eigenvalue weighted by Crippen LogP contribution is -2.07. The lowest BCUT2D eigenvalue weighted by Gasteiger charge is -2.07. The predicted molar refractivity (Wildman–Crippen MR) is 87.7 cm³/mol. The average molecular weight is 318 g/mol. The van der Waals surface area contributed by atoms with E-state index in [1.807, 2.05) is 13.8 Å². The summed E-state index contributed by atoms with van der Waals surface area (Å²) in [5.41, 5.74) is 1.76. The number of methoxy groups -OCH3 is 1. The van der Waals surface area contributed by atoms with Gasteiger partial charge in [-0.1, -0.05) is 17.2 Å². The van der Waals surface area contributed by atoms with Gasteiger partial charge in [0.25, 0.3) is 0 Å². The molecule has 0 aromatic heterocycles. The molecule has 0 aliphatic rings. The molecule has 5 nitrogen and oxygen atoms in total. The molecule has 0 amide bonds. The molecule has 0 radical (unpaired) electrons. The van der Waals surface area contributed by atoms with Crippen LogP contribution in [0.4, 0.5) is 0 Å². The molecule has 0 unspecified atom stereocenters. The van der Waals surface area contributed by atoms with Crippen LogP contribution in [0.5, 0.6) is 17.2 Å². The molecular formula is C18H22O5. The SMILES string of the molecule is COc1cc(OC(=O)CC=C(C)CC(=O)C=C(C)C)ccc1O. The van der Waals surface area contributed by atoms with E-state index in [1.54, 1.807) is 19.1 Å². The minimum atomic E-state index is -0.452. The van der Waals surface area contributed by atoms with Crippen LogP contribution in [0.3, 0.4) is 0 Å². The van der Waals surface area contributed by atoms with Crippen molar-refractivity contribution in [3.63, 3.8) is 0 Å². The van der Waals surface area contributed by atoms with Gasteiger partial charge in [0.2, 0.25) is 0 Å². The Hall–Kier alpha value is -2.56. The number of aromatic hydroxyl groups is 1. The van der Waals surface area contributed by atoms with Crippen LogP contribution in [0.2, 0.25) is 0 Å². The largest absolute Gasteiger partial charge is 0.504 e. The van der Waals surface area contributed by atoms with Gasteiger partial charge in [0, 0.05) is 12.5 Å². The van der Waals surface area contributed by atoms with Gasteiger partial charge in [-0.15, -0.1) is 0 Å². The Morgan fingerprint density at radius 2 is 1.91 bits per heavy atom. The van der Waals surface area contributed by atoms with E-state index >= 15 is 0 Å². The first kappa shape index (κ1) is 18.5. The number of phenolic OH excluding ortho intramolecular Hbond substituents is 1. The number of allylic oxidation sites excluding steroid dienone is 3. The Labute approximate surface area is 136 Å². The van der Waals surface area contributed by atoms with Crippen LogP contribution in [0.25, 0.3) is 0 Å². The molecule has 0 atom stereocenters. The highest BCUT2D eigenvalue weighted by Gasteiger charge is 2.08. The van der Waals surface area contributed by atoms with Gasteiger partial charge < -0.3 is 14.6 Å². The molecule has 1 N–H and O–H groups in total. The van der Waals surface area contributed by atoms with E-state index in [0.29, 0.717) is 0 Å². The van der Waals surface area contributed by atoms with Gasteiger partial charge in [0.15, 0.2) is 17.3 Å². The third-order valence-corrected chi connectivity index (χ3v) is 2.90. The van der Waals surface area contributed by atoms with Crippen molar-refractivity contribution in [3.8, 4) is 17.2 Å². The van der Waals surface area contributed by atoms with Crippen molar-refractivity contribution in [2.24, 2.45) is 0 Å². The molecule has 0 fully saturated rings. The van der Waals surface area contributed by atoms with Gasteiger partial charge in [-0.2, -0.15) is 0 Å². The Bertz CT molecular complexity index is 637. The Morgan fingerprint density at radius 3 is 2.52 bits per heavy atom. The second kappa shape index (κ2) is 8.78. The average Bonchev–Trinajstić information content (AvgIpc) is 2.46. The zero-order valence-corrected chi connectivity index (χ0v) is 13.9. The number of phenols is 1. The summed E-state index contributed by atoms with van der Waals surface area (Å²) in [5, 5.41) is 9.48. The number of benzene rings is 1. The molecule has 124 valence electrons. The Morgan fingerprint density at radius 1 is 1.22 bits per heavy atom. The quantitative estimate of drug-likeness (QED) is 0.360. The van der Waals surface area contributed by atoms with E-state index in [0.717, 1.165) is 11.1 Å². The van der Waals surface area contributed by atoms with Crippen LogP contribution in [-0.4, -0.2) is 24.0 Å². The number of esters is 1. The van der Waals surface area contributed by atoms with E-state index in [4.69, 9.17) is 9.47 Å². The lowest BCUT2D eigenvalue weighted by atomic mass is 10.1. The molecule has 0 saturated heterocycles. The van der Waals surface area contributed by atoms with E-state index < -0.39 is 5.97 Å². The maximum atomic E-state index is 11.8.